The van der Waals surface area contributed by atoms with Crippen LogP contribution in [0.25, 0.3) is 0 Å². The summed E-state index contributed by atoms with van der Waals surface area (Å²) in [5.74, 6) is -0.635. The van der Waals surface area contributed by atoms with E-state index in [1.807, 2.05) is 0 Å². The molecule has 2 aromatic rings. The summed E-state index contributed by atoms with van der Waals surface area (Å²) in [7, 11) is 1.54. The molecule has 2 aromatic carbocycles. The van der Waals surface area contributed by atoms with Gasteiger partial charge in [-0.1, -0.05) is 38.3 Å². The number of unbranched alkanes of at least 4 members (excludes halogenated alkanes) is 3. The van der Waals surface area contributed by atoms with Gasteiger partial charge < -0.3 is 35.2 Å². The summed E-state index contributed by atoms with van der Waals surface area (Å²) in [6, 6.07) is 10.3. The lowest BCUT2D eigenvalue weighted by molar-refractivity contribution is -0.141. The van der Waals surface area contributed by atoms with E-state index in [9.17, 15) is 24.6 Å². The number of hydrogen-bond acceptors (Lipinski definition) is 7. The first-order valence-corrected chi connectivity index (χ1v) is 13.1. The molecule has 0 aromatic heterocycles. The van der Waals surface area contributed by atoms with Crippen LogP contribution >= 0.6 is 0 Å². The van der Waals surface area contributed by atoms with Gasteiger partial charge in [0.25, 0.3) is 5.91 Å². The molecule has 10 nitrogen and oxygen atoms in total. The third kappa shape index (κ3) is 10.1. The number of nitrogens with one attached hydrogen (secondary N) is 2. The minimum atomic E-state index is -1.35. The van der Waals surface area contributed by atoms with Crippen LogP contribution in [0.4, 0.5) is 10.5 Å². The highest BCUT2D eigenvalue weighted by molar-refractivity contribution is 5.99. The molecule has 39 heavy (non-hydrogen) atoms. The van der Waals surface area contributed by atoms with Gasteiger partial charge in [-0.2, -0.15) is 0 Å². The summed E-state index contributed by atoms with van der Waals surface area (Å²) in [5, 5.41) is 25.5. The van der Waals surface area contributed by atoms with E-state index in [0.29, 0.717) is 23.4 Å². The summed E-state index contributed by atoms with van der Waals surface area (Å²) in [6.45, 7) is 6.60. The molecule has 0 spiro atoms. The maximum Gasteiger partial charge on any atom is 0.408 e. The molecule has 0 radical (unpaired) electrons. The van der Waals surface area contributed by atoms with Gasteiger partial charge in [-0.05, 0) is 69.2 Å². The monoisotopic (exact) mass is 543 g/mol. The van der Waals surface area contributed by atoms with Gasteiger partial charge in [0, 0.05) is 12.2 Å². The lowest BCUT2D eigenvalue weighted by Gasteiger charge is -2.34. The van der Waals surface area contributed by atoms with Gasteiger partial charge in [0.1, 0.15) is 29.2 Å². The molecule has 2 rings (SSSR count). The molecule has 0 saturated heterocycles. The molecule has 3 amide bonds. The SMILES string of the molecule is CCCCCCN(C(=O)C(CO)NC(=O)OC(C)(C)C)C(C(=O)Nc1ccc(OC)cc1)c1cccc(O)c1. The van der Waals surface area contributed by atoms with Crippen molar-refractivity contribution in [3.05, 3.63) is 54.1 Å². The number of carbonyl (C=O) groups is 3. The number of aromatic hydroxyl groups is 1. The largest absolute Gasteiger partial charge is 0.508 e. The van der Waals surface area contributed by atoms with Crippen molar-refractivity contribution in [1.29, 1.82) is 0 Å². The quantitative estimate of drug-likeness (QED) is 0.275. The number of hydrogen-bond donors (Lipinski definition) is 4. The van der Waals surface area contributed by atoms with E-state index in [0.717, 1.165) is 19.3 Å². The van der Waals surface area contributed by atoms with Crippen LogP contribution in [-0.2, 0) is 14.3 Å². The number of ether oxygens (including phenoxy) is 2. The van der Waals surface area contributed by atoms with Crippen LogP contribution < -0.4 is 15.4 Å². The minimum absolute atomic E-state index is 0.0706. The number of alkyl carbamates (subject to hydrolysis) is 1. The smallest absolute Gasteiger partial charge is 0.408 e. The van der Waals surface area contributed by atoms with Crippen molar-refractivity contribution in [3.8, 4) is 11.5 Å². The normalized spacial score (nSPS) is 12.7. The Labute approximate surface area is 230 Å². The molecule has 0 fully saturated rings. The van der Waals surface area contributed by atoms with Crippen molar-refractivity contribution in [2.24, 2.45) is 0 Å². The zero-order valence-corrected chi connectivity index (χ0v) is 23.4. The molecule has 2 unspecified atom stereocenters. The first-order chi connectivity index (χ1) is 18.5. The third-order valence-corrected chi connectivity index (χ3v) is 5.81. The van der Waals surface area contributed by atoms with Crippen molar-refractivity contribution >= 4 is 23.6 Å². The van der Waals surface area contributed by atoms with Gasteiger partial charge in [0.05, 0.1) is 13.7 Å². The number of anilines is 1. The minimum Gasteiger partial charge on any atom is -0.508 e. The summed E-state index contributed by atoms with van der Waals surface area (Å²) >= 11 is 0. The van der Waals surface area contributed by atoms with Gasteiger partial charge in [0.2, 0.25) is 5.91 Å². The Morgan fingerprint density at radius 2 is 1.72 bits per heavy atom. The van der Waals surface area contributed by atoms with E-state index in [-0.39, 0.29) is 12.3 Å². The van der Waals surface area contributed by atoms with Crippen molar-refractivity contribution in [2.45, 2.75) is 71.1 Å². The maximum absolute atomic E-state index is 13.8. The van der Waals surface area contributed by atoms with Crippen LogP contribution in [-0.4, -0.2) is 64.9 Å². The van der Waals surface area contributed by atoms with E-state index in [4.69, 9.17) is 9.47 Å². The molecule has 0 aliphatic heterocycles. The number of benzene rings is 2. The molecule has 0 saturated carbocycles. The number of methoxy groups -OCH3 is 1. The van der Waals surface area contributed by atoms with Crippen LogP contribution in [0.2, 0.25) is 0 Å². The molecule has 0 aliphatic rings. The molecule has 0 bridgehead atoms. The van der Waals surface area contributed by atoms with Gasteiger partial charge in [-0.15, -0.1) is 0 Å². The molecular weight excluding hydrogens is 502 g/mol. The highest BCUT2D eigenvalue weighted by Gasteiger charge is 2.36. The van der Waals surface area contributed by atoms with Gasteiger partial charge in [-0.25, -0.2) is 4.79 Å². The Morgan fingerprint density at radius 3 is 2.28 bits per heavy atom. The highest BCUT2D eigenvalue weighted by atomic mass is 16.6. The van der Waals surface area contributed by atoms with Crippen LogP contribution in [0.15, 0.2) is 48.5 Å². The topological polar surface area (TPSA) is 137 Å². The Balaban J connectivity index is 2.46. The zero-order chi connectivity index (χ0) is 29.0. The van der Waals surface area contributed by atoms with Gasteiger partial charge in [-0.3, -0.25) is 9.59 Å². The van der Waals surface area contributed by atoms with Gasteiger partial charge >= 0.3 is 6.09 Å². The second kappa shape index (κ2) is 15.0. The number of carbonyl (C=O) groups excluding carboxylic acids is 3. The van der Waals surface area contributed by atoms with Crippen LogP contribution in [0, 0.1) is 0 Å². The number of phenols is 1. The average molecular weight is 544 g/mol. The predicted molar refractivity (Wildman–Crippen MR) is 149 cm³/mol. The van der Waals surface area contributed by atoms with Crippen molar-refractivity contribution in [3.63, 3.8) is 0 Å². The van der Waals surface area contributed by atoms with E-state index in [2.05, 4.69) is 17.6 Å². The zero-order valence-electron chi connectivity index (χ0n) is 23.4. The number of aliphatic hydroxyl groups excluding tert-OH is 1. The summed E-state index contributed by atoms with van der Waals surface area (Å²) < 4.78 is 10.4. The first kappa shape index (κ1) is 31.4. The van der Waals surface area contributed by atoms with E-state index in [1.54, 1.807) is 57.2 Å². The average Bonchev–Trinajstić information content (AvgIpc) is 2.88. The van der Waals surface area contributed by atoms with Gasteiger partial charge in [0.15, 0.2) is 0 Å². The molecule has 4 N–H and O–H groups in total. The highest BCUT2D eigenvalue weighted by Crippen LogP contribution is 2.28. The van der Waals surface area contributed by atoms with E-state index in [1.165, 1.54) is 24.1 Å². The number of rotatable bonds is 13. The lowest BCUT2D eigenvalue weighted by Crippen LogP contribution is -2.54. The second-order valence-corrected chi connectivity index (χ2v) is 10.2. The number of nitrogens with zero attached hydrogens (tertiary/aromatic N) is 1. The number of amides is 3. The van der Waals surface area contributed by atoms with E-state index < -0.39 is 42.2 Å². The summed E-state index contributed by atoms with van der Waals surface area (Å²) in [4.78, 5) is 41.3. The molecule has 0 aliphatic carbocycles. The summed E-state index contributed by atoms with van der Waals surface area (Å²) in [5.41, 5.74) is 0.0451. The Morgan fingerprint density at radius 1 is 1.03 bits per heavy atom. The maximum atomic E-state index is 13.8. The van der Waals surface area contributed by atoms with Crippen LogP contribution in [0.1, 0.15) is 65.0 Å². The third-order valence-electron chi connectivity index (χ3n) is 5.81. The van der Waals surface area contributed by atoms with Crippen LogP contribution in [0.3, 0.4) is 0 Å². The van der Waals surface area contributed by atoms with Crippen molar-refractivity contribution in [1.82, 2.24) is 10.2 Å². The standard InChI is InChI=1S/C29H41N3O7/c1-6-7-8-9-17-32(27(36)24(19-33)31-28(37)39-29(2,3)4)25(20-11-10-12-22(34)18-20)26(35)30-21-13-15-23(38-5)16-14-21/h10-16,18,24-25,33-34H,6-9,17,19H2,1-5H3,(H,30,35)(H,31,37). The number of phenolic OH excluding ortho intramolecular Hbond substituents is 1. The molecule has 10 heteroatoms. The summed E-state index contributed by atoms with van der Waals surface area (Å²) in [6.07, 6.45) is 2.46. The lowest BCUT2D eigenvalue weighted by atomic mass is 10.0. The Kier molecular flexibility index (Phi) is 12.1. The first-order valence-electron chi connectivity index (χ1n) is 13.1. The Hall–Kier alpha value is -3.79. The van der Waals surface area contributed by atoms with Crippen molar-refractivity contribution in [2.75, 3.05) is 25.6 Å². The fourth-order valence-corrected chi connectivity index (χ4v) is 3.96. The molecule has 0 heterocycles. The predicted octanol–water partition coefficient (Wildman–Crippen LogP) is 4.38. The fourth-order valence-electron chi connectivity index (χ4n) is 3.96. The van der Waals surface area contributed by atoms with Crippen molar-refractivity contribution < 1.29 is 34.1 Å². The molecule has 2 atom stereocenters. The number of aliphatic hydroxyl groups is 1. The molecular formula is C29H41N3O7. The Bertz CT molecular complexity index is 1080. The van der Waals surface area contributed by atoms with E-state index >= 15 is 0 Å². The molecule has 214 valence electrons. The van der Waals surface area contributed by atoms with Crippen LogP contribution in [0.5, 0.6) is 11.5 Å². The second-order valence-electron chi connectivity index (χ2n) is 10.2. The fraction of sp³-hybridized carbons (Fsp3) is 0.483.